The minimum atomic E-state index is 0.460. The van der Waals surface area contributed by atoms with Crippen LogP contribution >= 0.6 is 0 Å². The van der Waals surface area contributed by atoms with Gasteiger partial charge in [0, 0.05) is 0 Å². The second kappa shape index (κ2) is 29.6. The predicted molar refractivity (Wildman–Crippen MR) is 223 cm³/mol. The number of phenolic OH excluding ortho intramolecular Hbond substituents is 2. The van der Waals surface area contributed by atoms with Gasteiger partial charge in [0.1, 0.15) is 11.5 Å². The van der Waals surface area contributed by atoms with Gasteiger partial charge in [-0.05, 0) is 74.6 Å². The van der Waals surface area contributed by atoms with Crippen LogP contribution in [0.25, 0.3) is 0 Å². The van der Waals surface area contributed by atoms with Crippen molar-refractivity contribution in [1.29, 1.82) is 0 Å². The lowest BCUT2D eigenvalue weighted by Gasteiger charge is -2.16. The molecule has 0 heterocycles. The van der Waals surface area contributed by atoms with Gasteiger partial charge in [-0.15, -0.1) is 0 Å². The summed E-state index contributed by atoms with van der Waals surface area (Å²) in [4.78, 5) is 0. The molecular weight excluding hydrogens is 609 g/mol. The van der Waals surface area contributed by atoms with Crippen molar-refractivity contribution in [3.8, 4) is 11.5 Å². The van der Waals surface area contributed by atoms with Gasteiger partial charge in [0.25, 0.3) is 0 Å². The summed E-state index contributed by atoms with van der Waals surface area (Å²) in [6.07, 6.45) is 35.9. The molecule has 2 heteroatoms. The van der Waals surface area contributed by atoms with Crippen molar-refractivity contribution in [1.82, 2.24) is 0 Å². The summed E-state index contributed by atoms with van der Waals surface area (Å²) in [7, 11) is 0. The summed E-state index contributed by atoms with van der Waals surface area (Å²) < 4.78 is 0. The van der Waals surface area contributed by atoms with Crippen LogP contribution in [0.5, 0.6) is 11.5 Å². The Balaban J connectivity index is 0.000000500. The zero-order chi connectivity index (χ0) is 37.0. The first-order chi connectivity index (χ1) is 24.1. The van der Waals surface area contributed by atoms with E-state index in [1.54, 1.807) is 0 Å². The number of aryl methyl sites for hydroxylation is 4. The summed E-state index contributed by atoms with van der Waals surface area (Å²) in [5.41, 5.74) is 6.81. The molecule has 288 valence electrons. The lowest BCUT2D eigenvalue weighted by molar-refractivity contribution is 0.452. The molecule has 0 radical (unpaired) electrons. The molecule has 0 aromatic heterocycles. The molecule has 2 nitrogen and oxygen atoms in total. The maximum Gasteiger partial charge on any atom is 0.121 e. The smallest absolute Gasteiger partial charge is 0.121 e. The normalized spacial score (nSPS) is 12.5. The molecule has 2 unspecified atom stereocenters. The lowest BCUT2D eigenvalue weighted by Crippen LogP contribution is -1.97. The van der Waals surface area contributed by atoms with Crippen LogP contribution in [0.3, 0.4) is 0 Å². The summed E-state index contributed by atoms with van der Waals surface area (Å²) in [5.74, 6) is 1.94. The molecule has 0 spiro atoms. The van der Waals surface area contributed by atoms with Crippen LogP contribution in [0.15, 0.2) is 24.3 Å². The summed E-state index contributed by atoms with van der Waals surface area (Å²) in [6.45, 7) is 17.3. The average molecular weight is 693 g/mol. The summed E-state index contributed by atoms with van der Waals surface area (Å²) in [5, 5.41) is 20.6. The first-order valence-corrected chi connectivity index (χ1v) is 21.7. The third-order valence-electron chi connectivity index (χ3n) is 11.0. The van der Waals surface area contributed by atoms with E-state index in [0.29, 0.717) is 23.3 Å². The van der Waals surface area contributed by atoms with Crippen LogP contribution in [-0.2, 0) is 0 Å². The van der Waals surface area contributed by atoms with E-state index >= 15 is 0 Å². The average Bonchev–Trinajstić information content (AvgIpc) is 3.09. The Bertz CT molecular complexity index is 1010. The van der Waals surface area contributed by atoms with E-state index in [4.69, 9.17) is 0 Å². The number of aromatic hydroxyl groups is 2. The van der Waals surface area contributed by atoms with E-state index in [1.165, 1.54) is 178 Å². The second-order valence-electron chi connectivity index (χ2n) is 16.2. The number of hydrogen-bond acceptors (Lipinski definition) is 2. The van der Waals surface area contributed by atoms with Gasteiger partial charge in [-0.2, -0.15) is 0 Å². The van der Waals surface area contributed by atoms with E-state index in [1.807, 2.05) is 13.8 Å². The zero-order valence-corrected chi connectivity index (χ0v) is 34.7. The van der Waals surface area contributed by atoms with Crippen molar-refractivity contribution < 1.29 is 10.2 Å². The molecule has 50 heavy (non-hydrogen) atoms. The van der Waals surface area contributed by atoms with Crippen molar-refractivity contribution in [3.63, 3.8) is 0 Å². The minimum absolute atomic E-state index is 0.460. The Labute approximate surface area is 312 Å². The molecular formula is C48H84O2. The predicted octanol–water partition coefficient (Wildman–Crippen LogP) is 16.4. The van der Waals surface area contributed by atoms with Gasteiger partial charge in [0.15, 0.2) is 0 Å². The fourth-order valence-electron chi connectivity index (χ4n) is 7.63. The largest absolute Gasteiger partial charge is 0.507 e. The van der Waals surface area contributed by atoms with Crippen LogP contribution in [0.1, 0.15) is 240 Å². The number of phenols is 2. The van der Waals surface area contributed by atoms with Crippen LogP contribution in [-0.4, -0.2) is 10.2 Å². The molecule has 2 rings (SSSR count). The highest BCUT2D eigenvalue weighted by Gasteiger charge is 2.14. The monoisotopic (exact) mass is 693 g/mol. The lowest BCUT2D eigenvalue weighted by atomic mass is 9.91. The van der Waals surface area contributed by atoms with Gasteiger partial charge in [0.2, 0.25) is 0 Å². The van der Waals surface area contributed by atoms with Crippen molar-refractivity contribution >= 4 is 0 Å². The zero-order valence-electron chi connectivity index (χ0n) is 34.7. The Hall–Kier alpha value is -1.96. The van der Waals surface area contributed by atoms with Crippen molar-refractivity contribution in [2.75, 3.05) is 0 Å². The highest BCUT2D eigenvalue weighted by atomic mass is 16.3. The molecule has 2 atom stereocenters. The van der Waals surface area contributed by atoms with E-state index in [0.717, 1.165) is 22.3 Å². The maximum atomic E-state index is 10.3. The quantitative estimate of drug-likeness (QED) is 0.0872. The van der Waals surface area contributed by atoms with Gasteiger partial charge in [0.05, 0.1) is 0 Å². The van der Waals surface area contributed by atoms with Crippen molar-refractivity contribution in [2.24, 2.45) is 0 Å². The third-order valence-corrected chi connectivity index (χ3v) is 11.0. The molecule has 0 saturated carbocycles. The molecule has 0 saturated heterocycles. The third kappa shape index (κ3) is 21.4. The number of benzene rings is 2. The maximum absolute atomic E-state index is 10.3. The van der Waals surface area contributed by atoms with Crippen molar-refractivity contribution in [2.45, 2.75) is 234 Å². The summed E-state index contributed by atoms with van der Waals surface area (Å²) in [6, 6.07) is 8.45. The molecule has 0 bridgehead atoms. The Morgan fingerprint density at radius 2 is 0.620 bits per heavy atom. The first-order valence-electron chi connectivity index (χ1n) is 21.7. The van der Waals surface area contributed by atoms with E-state index in [9.17, 15) is 10.2 Å². The number of hydrogen-bond donors (Lipinski definition) is 2. The molecule has 0 fully saturated rings. The molecule has 2 N–H and O–H groups in total. The fourth-order valence-corrected chi connectivity index (χ4v) is 7.63. The van der Waals surface area contributed by atoms with E-state index in [2.05, 4.69) is 65.8 Å². The molecule has 2 aromatic rings. The Morgan fingerprint density at radius 1 is 0.380 bits per heavy atom. The van der Waals surface area contributed by atoms with Crippen LogP contribution < -0.4 is 0 Å². The Kier molecular flexibility index (Phi) is 27.3. The second-order valence-corrected chi connectivity index (χ2v) is 16.2. The molecule has 0 aliphatic heterocycles. The molecule has 2 aromatic carbocycles. The standard InChI is InChI=1S/2C24H42O/c2*1-5-6-7-8-9-10-11-12-13-14-15-16-17-21(3)23-19-20(2)18-22(4)24(23)25/h2*18-19,21,25H,5-17H2,1-4H3. The number of unbranched alkanes of at least 4 members (excludes halogenated alkanes) is 22. The Morgan fingerprint density at radius 3 is 0.880 bits per heavy atom. The van der Waals surface area contributed by atoms with Crippen LogP contribution in [0.4, 0.5) is 0 Å². The van der Waals surface area contributed by atoms with E-state index < -0.39 is 0 Å². The highest BCUT2D eigenvalue weighted by molar-refractivity contribution is 5.45. The molecule has 0 aliphatic rings. The van der Waals surface area contributed by atoms with Crippen LogP contribution in [0, 0.1) is 27.7 Å². The highest BCUT2D eigenvalue weighted by Crippen LogP contribution is 2.34. The fraction of sp³-hybridized carbons (Fsp3) is 0.750. The van der Waals surface area contributed by atoms with E-state index in [-0.39, 0.29) is 0 Å². The topological polar surface area (TPSA) is 40.5 Å². The van der Waals surface area contributed by atoms with Crippen LogP contribution in [0.2, 0.25) is 0 Å². The first kappa shape index (κ1) is 46.1. The van der Waals surface area contributed by atoms with Crippen molar-refractivity contribution in [3.05, 3.63) is 57.6 Å². The molecule has 0 amide bonds. The number of rotatable bonds is 28. The van der Waals surface area contributed by atoms with Gasteiger partial charge in [-0.1, -0.05) is 217 Å². The summed E-state index contributed by atoms with van der Waals surface area (Å²) >= 11 is 0. The minimum Gasteiger partial charge on any atom is -0.507 e. The van der Waals surface area contributed by atoms with Gasteiger partial charge >= 0.3 is 0 Å². The van der Waals surface area contributed by atoms with Gasteiger partial charge < -0.3 is 10.2 Å². The molecule has 0 aliphatic carbocycles. The van der Waals surface area contributed by atoms with Gasteiger partial charge in [-0.25, -0.2) is 0 Å². The van der Waals surface area contributed by atoms with Gasteiger partial charge in [-0.3, -0.25) is 0 Å². The SMILES string of the molecule is CCCCCCCCCCCCCCC(C)c1cc(C)cc(C)c1O.CCCCCCCCCCCCCCC(C)c1cc(C)cc(C)c1O.